The molecule has 0 amide bonds. The van der Waals surface area contributed by atoms with Crippen molar-refractivity contribution in [1.29, 1.82) is 0 Å². The second-order valence-corrected chi connectivity index (χ2v) is 8.30. The Morgan fingerprint density at radius 2 is 2.05 bits per heavy atom. The smallest absolute Gasteiger partial charge is 0.263 e. The number of nitrogens with one attached hydrogen (secondary N) is 1. The summed E-state index contributed by atoms with van der Waals surface area (Å²) in [5.41, 5.74) is -0.523. The number of rotatable bonds is 6. The number of halogens is 1. The lowest BCUT2D eigenvalue weighted by Crippen LogP contribution is -2.24. The van der Waals surface area contributed by atoms with Crippen LogP contribution >= 0.6 is 27.3 Å². The molecule has 0 spiro atoms. The molecule has 120 valence electrons. The number of aromatic nitrogens is 1. The van der Waals surface area contributed by atoms with Gasteiger partial charge < -0.3 is 5.11 Å². The summed E-state index contributed by atoms with van der Waals surface area (Å²) in [6.45, 7) is 3.74. The Labute approximate surface area is 142 Å². The van der Waals surface area contributed by atoms with Crippen molar-refractivity contribution in [1.82, 2.24) is 4.98 Å². The molecule has 0 aliphatic rings. The van der Waals surface area contributed by atoms with Crippen molar-refractivity contribution in [2.45, 2.75) is 37.2 Å². The molecule has 0 saturated carbocycles. The number of thiazole rings is 1. The molecule has 0 aliphatic carbocycles. The number of hydrogen-bond acceptors (Lipinski definition) is 5. The van der Waals surface area contributed by atoms with E-state index in [1.54, 1.807) is 17.5 Å². The minimum absolute atomic E-state index is 0.153. The monoisotopic (exact) mass is 404 g/mol. The average Bonchev–Trinajstić information content (AvgIpc) is 2.95. The summed E-state index contributed by atoms with van der Waals surface area (Å²) in [7, 11) is -3.70. The molecule has 22 heavy (non-hydrogen) atoms. The second-order valence-electron chi connectivity index (χ2n) is 4.84. The Kier molecular flexibility index (Phi) is 5.26. The van der Waals surface area contributed by atoms with E-state index in [1.165, 1.54) is 12.1 Å². The molecule has 1 heterocycles. The highest BCUT2D eigenvalue weighted by Crippen LogP contribution is 2.31. The van der Waals surface area contributed by atoms with Crippen molar-refractivity contribution in [3.63, 3.8) is 0 Å². The Balaban J connectivity index is 2.26. The van der Waals surface area contributed by atoms with Gasteiger partial charge in [0.15, 0.2) is 5.13 Å². The van der Waals surface area contributed by atoms with E-state index in [-0.39, 0.29) is 10.0 Å². The summed E-state index contributed by atoms with van der Waals surface area (Å²) in [4.78, 5) is 4.38. The highest BCUT2D eigenvalue weighted by Gasteiger charge is 2.28. The largest absolute Gasteiger partial charge is 0.384 e. The molecule has 0 fully saturated rings. The van der Waals surface area contributed by atoms with E-state index in [0.29, 0.717) is 23.0 Å². The van der Waals surface area contributed by atoms with E-state index in [4.69, 9.17) is 0 Å². The Morgan fingerprint density at radius 1 is 1.36 bits per heavy atom. The summed E-state index contributed by atoms with van der Waals surface area (Å²) in [6, 6.07) is 6.43. The number of anilines is 1. The van der Waals surface area contributed by atoms with Gasteiger partial charge in [-0.2, -0.15) is 0 Å². The van der Waals surface area contributed by atoms with E-state index in [2.05, 4.69) is 25.6 Å². The highest BCUT2D eigenvalue weighted by molar-refractivity contribution is 9.10. The average molecular weight is 405 g/mol. The molecule has 0 bridgehead atoms. The highest BCUT2D eigenvalue weighted by atomic mass is 79.9. The first kappa shape index (κ1) is 17.4. The van der Waals surface area contributed by atoms with Gasteiger partial charge in [-0.05, 0) is 31.0 Å². The van der Waals surface area contributed by atoms with Gasteiger partial charge in [0.05, 0.1) is 10.6 Å². The molecule has 0 aliphatic heterocycles. The number of nitrogens with zero attached hydrogens (tertiary/aromatic N) is 1. The molecule has 5 nitrogen and oxygen atoms in total. The van der Waals surface area contributed by atoms with Gasteiger partial charge in [0.25, 0.3) is 10.0 Å². The van der Waals surface area contributed by atoms with Crippen LogP contribution in [0.5, 0.6) is 0 Å². The summed E-state index contributed by atoms with van der Waals surface area (Å²) in [5.74, 6) is 0. The first-order valence-electron chi connectivity index (χ1n) is 6.77. The molecular weight excluding hydrogens is 388 g/mol. The molecule has 0 unspecified atom stereocenters. The maximum Gasteiger partial charge on any atom is 0.263 e. The quantitative estimate of drug-likeness (QED) is 0.768. The molecule has 1 aromatic carbocycles. The van der Waals surface area contributed by atoms with Gasteiger partial charge in [-0.25, -0.2) is 13.4 Å². The van der Waals surface area contributed by atoms with Crippen molar-refractivity contribution < 1.29 is 13.5 Å². The van der Waals surface area contributed by atoms with Gasteiger partial charge in [-0.3, -0.25) is 4.72 Å². The Hall–Kier alpha value is -0.960. The van der Waals surface area contributed by atoms with Gasteiger partial charge >= 0.3 is 0 Å². The van der Waals surface area contributed by atoms with Gasteiger partial charge in [-0.15, -0.1) is 11.3 Å². The van der Waals surface area contributed by atoms with Crippen LogP contribution in [0.1, 0.15) is 32.4 Å². The standard InChI is InChI=1S/C14H17BrN2O3S2/c1-3-14(18,4-2)12-9-21-13(16-12)17-22(19,20)11-7-5-6-10(15)8-11/h5-9,18H,3-4H2,1-2H3,(H,16,17). The fourth-order valence-electron chi connectivity index (χ4n) is 1.95. The van der Waals surface area contributed by atoms with E-state index in [1.807, 2.05) is 13.8 Å². The molecule has 2 aromatic rings. The van der Waals surface area contributed by atoms with Crippen molar-refractivity contribution in [3.05, 3.63) is 39.8 Å². The van der Waals surface area contributed by atoms with Crippen molar-refractivity contribution in [2.24, 2.45) is 0 Å². The fourth-order valence-corrected chi connectivity index (χ4v) is 4.61. The third kappa shape index (κ3) is 3.68. The van der Waals surface area contributed by atoms with Gasteiger partial charge in [-0.1, -0.05) is 35.8 Å². The lowest BCUT2D eigenvalue weighted by atomic mass is 9.94. The van der Waals surface area contributed by atoms with Crippen LogP contribution in [0.25, 0.3) is 0 Å². The third-order valence-electron chi connectivity index (χ3n) is 3.48. The number of sulfonamides is 1. The van der Waals surface area contributed by atoms with Gasteiger partial charge in [0.2, 0.25) is 0 Å². The molecule has 2 N–H and O–H groups in total. The van der Waals surface area contributed by atoms with Crippen LogP contribution in [-0.2, 0) is 15.6 Å². The third-order valence-corrected chi connectivity index (χ3v) is 6.20. The molecule has 8 heteroatoms. The summed E-state index contributed by atoms with van der Waals surface area (Å²) < 4.78 is 27.8. The molecule has 2 rings (SSSR count). The van der Waals surface area contributed by atoms with Crippen molar-refractivity contribution >= 4 is 42.4 Å². The normalized spacial score (nSPS) is 12.4. The van der Waals surface area contributed by atoms with E-state index in [0.717, 1.165) is 11.3 Å². The van der Waals surface area contributed by atoms with Crippen LogP contribution in [0.3, 0.4) is 0 Å². The number of benzene rings is 1. The predicted octanol–water partition coefficient (Wildman–Crippen LogP) is 3.71. The van der Waals surface area contributed by atoms with Gasteiger partial charge in [0, 0.05) is 9.85 Å². The van der Waals surface area contributed by atoms with E-state index in [9.17, 15) is 13.5 Å². The first-order valence-corrected chi connectivity index (χ1v) is 9.93. The summed E-state index contributed by atoms with van der Waals surface area (Å²) in [6.07, 6.45) is 1.04. The second kappa shape index (κ2) is 6.66. The summed E-state index contributed by atoms with van der Waals surface area (Å²) in [5, 5.41) is 12.4. The van der Waals surface area contributed by atoms with Crippen LogP contribution in [-0.4, -0.2) is 18.5 Å². The summed E-state index contributed by atoms with van der Waals surface area (Å²) >= 11 is 4.41. The predicted molar refractivity (Wildman–Crippen MR) is 91.5 cm³/mol. The zero-order chi connectivity index (χ0) is 16.4. The minimum atomic E-state index is -3.70. The van der Waals surface area contributed by atoms with Crippen LogP contribution in [0, 0.1) is 0 Å². The van der Waals surface area contributed by atoms with Crippen molar-refractivity contribution in [2.75, 3.05) is 4.72 Å². The maximum absolute atomic E-state index is 12.3. The van der Waals surface area contributed by atoms with Crippen LogP contribution in [0.4, 0.5) is 5.13 Å². The zero-order valence-corrected chi connectivity index (χ0v) is 15.4. The zero-order valence-electron chi connectivity index (χ0n) is 12.2. The molecule has 0 saturated heterocycles. The number of aliphatic hydroxyl groups is 1. The molecule has 1 aromatic heterocycles. The van der Waals surface area contributed by atoms with E-state index >= 15 is 0 Å². The SMILES string of the molecule is CCC(O)(CC)c1csc(NS(=O)(=O)c2cccc(Br)c2)n1. The maximum atomic E-state index is 12.3. The first-order chi connectivity index (χ1) is 10.3. The number of hydrogen-bond donors (Lipinski definition) is 2. The molecule has 0 radical (unpaired) electrons. The Morgan fingerprint density at radius 3 is 2.64 bits per heavy atom. The van der Waals surface area contributed by atoms with Crippen LogP contribution in [0.2, 0.25) is 0 Å². The minimum Gasteiger partial charge on any atom is -0.384 e. The van der Waals surface area contributed by atoms with Gasteiger partial charge in [0.1, 0.15) is 5.60 Å². The Bertz CT molecular complexity index is 755. The topological polar surface area (TPSA) is 79.3 Å². The lowest BCUT2D eigenvalue weighted by Gasteiger charge is -2.22. The molecular formula is C14H17BrN2O3S2. The molecule has 0 atom stereocenters. The fraction of sp³-hybridized carbons (Fsp3) is 0.357. The van der Waals surface area contributed by atoms with Crippen LogP contribution < -0.4 is 4.72 Å². The van der Waals surface area contributed by atoms with Crippen molar-refractivity contribution in [3.8, 4) is 0 Å². The van der Waals surface area contributed by atoms with E-state index < -0.39 is 15.6 Å². The lowest BCUT2D eigenvalue weighted by molar-refractivity contribution is 0.0247. The van der Waals surface area contributed by atoms with Crippen LogP contribution in [0.15, 0.2) is 39.0 Å².